The van der Waals surface area contributed by atoms with Gasteiger partial charge in [-0.2, -0.15) is 0 Å². The lowest BCUT2D eigenvalue weighted by atomic mass is 10.3. The summed E-state index contributed by atoms with van der Waals surface area (Å²) >= 11 is 0. The molecule has 0 amide bonds. The number of unbranched alkanes of at least 4 members (excludes halogenated alkanes) is 1. The third kappa shape index (κ3) is 11.7. The summed E-state index contributed by atoms with van der Waals surface area (Å²) in [5.41, 5.74) is 0. The molecule has 0 aliphatic rings. The normalized spacial score (nSPS) is 12.3. The standard InChI is InChI=1S/C10H22O2Si/c1-5-6-7-8-11-9-10-12-13(2,3)4/h7-8H,5-6,9-10H2,1-4H3/b8-7-. The first-order chi connectivity index (χ1) is 6.06. The fourth-order valence-corrected chi connectivity index (χ4v) is 1.46. The van der Waals surface area contributed by atoms with Gasteiger partial charge in [0.15, 0.2) is 8.32 Å². The Labute approximate surface area is 83.1 Å². The average molecular weight is 202 g/mol. The highest BCUT2D eigenvalue weighted by molar-refractivity contribution is 6.69. The highest BCUT2D eigenvalue weighted by Crippen LogP contribution is 2.01. The van der Waals surface area contributed by atoms with Crippen molar-refractivity contribution >= 4 is 8.32 Å². The molecule has 0 atom stereocenters. The smallest absolute Gasteiger partial charge is 0.183 e. The van der Waals surface area contributed by atoms with E-state index in [2.05, 4.69) is 32.6 Å². The fourth-order valence-electron chi connectivity index (χ4n) is 0.767. The van der Waals surface area contributed by atoms with Crippen molar-refractivity contribution in [2.45, 2.75) is 39.4 Å². The van der Waals surface area contributed by atoms with Crippen LogP contribution in [0.3, 0.4) is 0 Å². The van der Waals surface area contributed by atoms with E-state index in [1.807, 2.05) is 0 Å². The second-order valence-electron chi connectivity index (χ2n) is 3.99. The van der Waals surface area contributed by atoms with E-state index in [1.165, 1.54) is 6.42 Å². The van der Waals surface area contributed by atoms with Crippen LogP contribution in [0, 0.1) is 0 Å². The van der Waals surface area contributed by atoms with Crippen LogP contribution in [0.1, 0.15) is 19.8 Å². The molecule has 0 aliphatic heterocycles. The van der Waals surface area contributed by atoms with Crippen LogP contribution in [0.25, 0.3) is 0 Å². The second-order valence-corrected chi connectivity index (χ2v) is 8.51. The van der Waals surface area contributed by atoms with E-state index in [0.29, 0.717) is 13.2 Å². The maximum absolute atomic E-state index is 5.62. The zero-order valence-electron chi connectivity index (χ0n) is 9.30. The Kier molecular flexibility index (Phi) is 7.00. The van der Waals surface area contributed by atoms with Gasteiger partial charge >= 0.3 is 0 Å². The molecule has 0 aromatic rings. The van der Waals surface area contributed by atoms with E-state index in [9.17, 15) is 0 Å². The number of hydrogen-bond donors (Lipinski definition) is 0. The summed E-state index contributed by atoms with van der Waals surface area (Å²) in [4.78, 5) is 0. The zero-order chi connectivity index (χ0) is 10.2. The minimum Gasteiger partial charge on any atom is -0.499 e. The Morgan fingerprint density at radius 3 is 2.38 bits per heavy atom. The summed E-state index contributed by atoms with van der Waals surface area (Å²) in [7, 11) is -1.34. The van der Waals surface area contributed by atoms with Gasteiger partial charge in [-0.1, -0.05) is 13.3 Å². The van der Waals surface area contributed by atoms with Crippen LogP contribution < -0.4 is 0 Å². The van der Waals surface area contributed by atoms with Crippen LogP contribution in [-0.4, -0.2) is 21.5 Å². The molecule has 0 aromatic heterocycles. The predicted molar refractivity (Wildman–Crippen MR) is 59.3 cm³/mol. The largest absolute Gasteiger partial charge is 0.499 e. The molecule has 0 saturated heterocycles. The lowest BCUT2D eigenvalue weighted by Gasteiger charge is -2.16. The highest BCUT2D eigenvalue weighted by Gasteiger charge is 2.12. The summed E-state index contributed by atoms with van der Waals surface area (Å²) in [5.74, 6) is 0. The lowest BCUT2D eigenvalue weighted by molar-refractivity contribution is 0.175. The van der Waals surface area contributed by atoms with Crippen molar-refractivity contribution in [1.82, 2.24) is 0 Å². The molecule has 0 fully saturated rings. The van der Waals surface area contributed by atoms with Crippen LogP contribution in [0.4, 0.5) is 0 Å². The monoisotopic (exact) mass is 202 g/mol. The Bertz CT molecular complexity index is 138. The Hall–Kier alpha value is -0.283. The predicted octanol–water partition coefficient (Wildman–Crippen LogP) is 3.17. The molecule has 78 valence electrons. The Morgan fingerprint density at radius 1 is 1.15 bits per heavy atom. The topological polar surface area (TPSA) is 18.5 Å². The summed E-state index contributed by atoms with van der Waals surface area (Å²) < 4.78 is 10.9. The molecule has 0 heterocycles. The fraction of sp³-hybridized carbons (Fsp3) is 0.800. The quantitative estimate of drug-likeness (QED) is 0.359. The van der Waals surface area contributed by atoms with Crippen LogP contribution in [-0.2, 0) is 9.16 Å². The van der Waals surface area contributed by atoms with Gasteiger partial charge in [-0.05, 0) is 32.1 Å². The first kappa shape index (κ1) is 12.7. The minimum absolute atomic E-state index is 0.671. The van der Waals surface area contributed by atoms with Crippen LogP contribution in [0.5, 0.6) is 0 Å². The van der Waals surface area contributed by atoms with Gasteiger partial charge in [0.2, 0.25) is 0 Å². The molecule has 0 aliphatic carbocycles. The first-order valence-corrected chi connectivity index (χ1v) is 8.37. The number of rotatable bonds is 7. The van der Waals surface area contributed by atoms with Gasteiger partial charge in [-0.25, -0.2) is 0 Å². The lowest BCUT2D eigenvalue weighted by Crippen LogP contribution is -2.27. The van der Waals surface area contributed by atoms with Gasteiger partial charge in [-0.15, -0.1) is 0 Å². The van der Waals surface area contributed by atoms with Crippen molar-refractivity contribution in [1.29, 1.82) is 0 Å². The summed E-state index contributed by atoms with van der Waals surface area (Å²) in [6.45, 7) is 10.1. The van der Waals surface area contributed by atoms with Gasteiger partial charge in [-0.3, -0.25) is 0 Å². The van der Waals surface area contributed by atoms with Crippen molar-refractivity contribution in [3.63, 3.8) is 0 Å². The molecule has 0 bridgehead atoms. The number of hydrogen-bond acceptors (Lipinski definition) is 2. The van der Waals surface area contributed by atoms with Gasteiger partial charge in [0.25, 0.3) is 0 Å². The maximum Gasteiger partial charge on any atom is 0.183 e. The van der Waals surface area contributed by atoms with Gasteiger partial charge in [0, 0.05) is 0 Å². The highest BCUT2D eigenvalue weighted by atomic mass is 28.4. The molecule has 2 nitrogen and oxygen atoms in total. The van der Waals surface area contributed by atoms with Gasteiger partial charge in [0.05, 0.1) is 12.9 Å². The molecule has 0 rings (SSSR count). The molecule has 13 heavy (non-hydrogen) atoms. The maximum atomic E-state index is 5.62. The number of ether oxygens (including phenoxy) is 1. The van der Waals surface area contributed by atoms with Crippen molar-refractivity contribution in [2.24, 2.45) is 0 Å². The number of allylic oxidation sites excluding steroid dienone is 1. The molecule has 0 N–H and O–H groups in total. The van der Waals surface area contributed by atoms with Crippen LogP contribution in [0.15, 0.2) is 12.3 Å². The summed E-state index contributed by atoms with van der Waals surface area (Å²) in [6.07, 6.45) is 6.09. The van der Waals surface area contributed by atoms with E-state index in [-0.39, 0.29) is 0 Å². The minimum atomic E-state index is -1.34. The average Bonchev–Trinajstić information content (AvgIpc) is 2.01. The van der Waals surface area contributed by atoms with Gasteiger partial charge < -0.3 is 9.16 Å². The van der Waals surface area contributed by atoms with Crippen molar-refractivity contribution in [3.8, 4) is 0 Å². The summed E-state index contributed by atoms with van der Waals surface area (Å²) in [6, 6.07) is 0. The van der Waals surface area contributed by atoms with Crippen molar-refractivity contribution in [3.05, 3.63) is 12.3 Å². The molecule has 3 heteroatoms. The SMILES string of the molecule is CCC/C=C\OCCO[Si](C)(C)C. The van der Waals surface area contributed by atoms with E-state index < -0.39 is 8.32 Å². The summed E-state index contributed by atoms with van der Waals surface area (Å²) in [5, 5.41) is 0. The molecular formula is C10H22O2Si. The van der Waals surface area contributed by atoms with E-state index in [0.717, 1.165) is 6.42 Å². The van der Waals surface area contributed by atoms with E-state index in [1.54, 1.807) is 6.26 Å². The van der Waals surface area contributed by atoms with E-state index >= 15 is 0 Å². The van der Waals surface area contributed by atoms with E-state index in [4.69, 9.17) is 9.16 Å². The Balaban J connectivity index is 3.17. The molecular weight excluding hydrogens is 180 g/mol. The van der Waals surface area contributed by atoms with Gasteiger partial charge in [0.1, 0.15) is 6.61 Å². The molecule has 0 radical (unpaired) electrons. The first-order valence-electron chi connectivity index (χ1n) is 4.97. The second kappa shape index (κ2) is 7.15. The molecule has 0 saturated carbocycles. The molecule has 0 spiro atoms. The van der Waals surface area contributed by atoms with Crippen LogP contribution >= 0.6 is 0 Å². The van der Waals surface area contributed by atoms with Crippen molar-refractivity contribution in [2.75, 3.05) is 13.2 Å². The zero-order valence-corrected chi connectivity index (χ0v) is 10.3. The molecule has 0 unspecified atom stereocenters. The third-order valence-corrected chi connectivity index (χ3v) is 2.45. The van der Waals surface area contributed by atoms with Crippen LogP contribution in [0.2, 0.25) is 19.6 Å². The van der Waals surface area contributed by atoms with Crippen molar-refractivity contribution < 1.29 is 9.16 Å². The molecule has 0 aromatic carbocycles. The third-order valence-electron chi connectivity index (χ3n) is 1.38. The Morgan fingerprint density at radius 2 is 1.85 bits per heavy atom.